The van der Waals surface area contributed by atoms with Crippen molar-refractivity contribution in [2.24, 2.45) is 0 Å². The highest BCUT2D eigenvalue weighted by Gasteiger charge is 2.19. The van der Waals surface area contributed by atoms with Crippen LogP contribution in [0.15, 0.2) is 42.7 Å². The number of hydrogen-bond donors (Lipinski definition) is 1. The number of nitrogens with one attached hydrogen (secondary N) is 1. The Morgan fingerprint density at radius 2 is 1.90 bits per heavy atom. The Hall–Kier alpha value is -2.57. The topological polar surface area (TPSA) is 68.1 Å². The first-order chi connectivity index (χ1) is 9.99. The Kier molecular flexibility index (Phi) is 4.42. The van der Waals surface area contributed by atoms with Gasteiger partial charge in [0.25, 0.3) is 12.1 Å². The molecule has 0 aliphatic heterocycles. The number of rotatable bonds is 5. The highest BCUT2D eigenvalue weighted by atomic mass is 19.3. The molecular formula is C14H13F2N3O2. The number of nitrogens with zero attached hydrogens (tertiary/aromatic N) is 2. The molecule has 2 aromatic rings. The van der Waals surface area contributed by atoms with E-state index in [0.29, 0.717) is 0 Å². The number of pyridine rings is 1. The largest absolute Gasteiger partial charge is 0.378 e. The summed E-state index contributed by atoms with van der Waals surface area (Å²) < 4.78 is 26.1. The van der Waals surface area contributed by atoms with Crippen molar-refractivity contribution in [3.05, 3.63) is 64.0 Å². The van der Waals surface area contributed by atoms with E-state index < -0.39 is 11.3 Å². The highest BCUT2D eigenvalue weighted by molar-refractivity contribution is 5.57. The average Bonchev–Trinajstić information content (AvgIpc) is 2.48. The molecule has 0 radical (unpaired) electrons. The van der Waals surface area contributed by atoms with Gasteiger partial charge in [-0.25, -0.2) is 8.78 Å². The Bertz CT molecular complexity index is 635. The van der Waals surface area contributed by atoms with Crippen LogP contribution in [0.5, 0.6) is 0 Å². The molecule has 1 unspecified atom stereocenters. The van der Waals surface area contributed by atoms with E-state index in [1.54, 1.807) is 24.5 Å². The number of anilines is 1. The fourth-order valence-electron chi connectivity index (χ4n) is 1.94. The van der Waals surface area contributed by atoms with Crippen LogP contribution in [0.4, 0.5) is 20.2 Å². The summed E-state index contributed by atoms with van der Waals surface area (Å²) in [6, 6.07) is 6.71. The third-order valence-corrected chi connectivity index (χ3v) is 3.06. The highest BCUT2D eigenvalue weighted by Crippen LogP contribution is 2.32. The molecule has 2 rings (SSSR count). The normalized spacial score (nSPS) is 12.2. The third-order valence-electron chi connectivity index (χ3n) is 3.06. The molecule has 0 saturated carbocycles. The number of nitro benzene ring substituents is 1. The molecular weight excluding hydrogens is 280 g/mol. The molecule has 1 atom stereocenters. The zero-order valence-electron chi connectivity index (χ0n) is 11.2. The van der Waals surface area contributed by atoms with Crippen LogP contribution in [-0.4, -0.2) is 9.91 Å². The third kappa shape index (κ3) is 3.50. The second-order valence-corrected chi connectivity index (χ2v) is 4.48. The summed E-state index contributed by atoms with van der Waals surface area (Å²) in [6.07, 6.45) is 0.423. The first kappa shape index (κ1) is 14.8. The molecule has 1 heterocycles. The monoisotopic (exact) mass is 293 g/mol. The van der Waals surface area contributed by atoms with Gasteiger partial charge in [0.2, 0.25) is 0 Å². The molecule has 1 aromatic carbocycles. The van der Waals surface area contributed by atoms with Gasteiger partial charge in [-0.2, -0.15) is 0 Å². The lowest BCUT2D eigenvalue weighted by atomic mass is 10.1. The summed E-state index contributed by atoms with van der Waals surface area (Å²) in [5.74, 6) is 0. The van der Waals surface area contributed by atoms with Crippen LogP contribution >= 0.6 is 0 Å². The predicted molar refractivity (Wildman–Crippen MR) is 74.3 cm³/mol. The smallest absolute Gasteiger partial charge is 0.270 e. The van der Waals surface area contributed by atoms with Gasteiger partial charge in [0.15, 0.2) is 0 Å². The number of alkyl halides is 2. The van der Waals surface area contributed by atoms with E-state index in [9.17, 15) is 18.9 Å². The maximum Gasteiger partial charge on any atom is 0.270 e. The van der Waals surface area contributed by atoms with E-state index in [0.717, 1.165) is 11.6 Å². The van der Waals surface area contributed by atoms with E-state index in [1.165, 1.54) is 12.1 Å². The van der Waals surface area contributed by atoms with E-state index in [-0.39, 0.29) is 23.0 Å². The number of hydrogen-bond acceptors (Lipinski definition) is 4. The summed E-state index contributed by atoms with van der Waals surface area (Å²) >= 11 is 0. The number of nitro groups is 1. The van der Waals surface area contributed by atoms with Crippen molar-refractivity contribution >= 4 is 11.4 Å². The second-order valence-electron chi connectivity index (χ2n) is 4.48. The Balaban J connectivity index is 2.29. The number of aromatic nitrogens is 1. The molecule has 0 spiro atoms. The first-order valence-corrected chi connectivity index (χ1v) is 6.22. The van der Waals surface area contributed by atoms with Crippen LogP contribution in [-0.2, 0) is 0 Å². The maximum absolute atomic E-state index is 13.1. The van der Waals surface area contributed by atoms with Crippen molar-refractivity contribution in [1.82, 2.24) is 4.98 Å². The predicted octanol–water partition coefficient (Wildman–Crippen LogP) is 4.10. The summed E-state index contributed by atoms with van der Waals surface area (Å²) in [5, 5.41) is 13.6. The van der Waals surface area contributed by atoms with Crippen molar-refractivity contribution in [3.8, 4) is 0 Å². The summed E-state index contributed by atoms with van der Waals surface area (Å²) in [5.41, 5.74) is 0.320. The number of non-ortho nitro benzene ring substituents is 1. The molecule has 0 aliphatic carbocycles. The quantitative estimate of drug-likeness (QED) is 0.665. The van der Waals surface area contributed by atoms with Gasteiger partial charge in [0.05, 0.1) is 4.92 Å². The van der Waals surface area contributed by atoms with Crippen molar-refractivity contribution in [3.63, 3.8) is 0 Å². The minimum absolute atomic E-state index is 0.180. The van der Waals surface area contributed by atoms with Gasteiger partial charge in [-0.3, -0.25) is 15.1 Å². The molecule has 0 aliphatic rings. The fraction of sp³-hybridized carbons (Fsp3) is 0.214. The lowest BCUT2D eigenvalue weighted by Crippen LogP contribution is -2.09. The van der Waals surface area contributed by atoms with Crippen molar-refractivity contribution in [2.75, 3.05) is 5.32 Å². The molecule has 0 saturated heterocycles. The van der Waals surface area contributed by atoms with Gasteiger partial charge >= 0.3 is 0 Å². The SMILES string of the molecule is CC(Nc1ccc([N+](=O)[O-])cc1C(F)F)c1ccncc1. The van der Waals surface area contributed by atoms with Crippen LogP contribution < -0.4 is 5.32 Å². The molecule has 0 fully saturated rings. The van der Waals surface area contributed by atoms with Crippen molar-refractivity contribution < 1.29 is 13.7 Å². The molecule has 0 amide bonds. The molecule has 1 N–H and O–H groups in total. The zero-order chi connectivity index (χ0) is 15.4. The van der Waals surface area contributed by atoms with Crippen molar-refractivity contribution in [2.45, 2.75) is 19.4 Å². The van der Waals surface area contributed by atoms with Crippen LogP contribution in [0.3, 0.4) is 0 Å². The van der Waals surface area contributed by atoms with E-state index in [2.05, 4.69) is 10.3 Å². The van der Waals surface area contributed by atoms with Crippen LogP contribution in [0.1, 0.15) is 30.5 Å². The Morgan fingerprint density at radius 3 is 2.48 bits per heavy atom. The van der Waals surface area contributed by atoms with Gasteiger partial charge in [-0.15, -0.1) is 0 Å². The maximum atomic E-state index is 13.1. The zero-order valence-corrected chi connectivity index (χ0v) is 11.2. The van der Waals surface area contributed by atoms with E-state index in [1.807, 2.05) is 6.92 Å². The molecule has 5 nitrogen and oxygen atoms in total. The lowest BCUT2D eigenvalue weighted by molar-refractivity contribution is -0.385. The van der Waals surface area contributed by atoms with Crippen LogP contribution in [0.25, 0.3) is 0 Å². The van der Waals surface area contributed by atoms with Crippen LogP contribution in [0.2, 0.25) is 0 Å². The minimum atomic E-state index is -2.79. The summed E-state index contributed by atoms with van der Waals surface area (Å²) in [4.78, 5) is 13.9. The number of benzene rings is 1. The molecule has 7 heteroatoms. The van der Waals surface area contributed by atoms with Gasteiger partial charge in [0, 0.05) is 41.8 Å². The van der Waals surface area contributed by atoms with Gasteiger partial charge in [0.1, 0.15) is 0 Å². The van der Waals surface area contributed by atoms with Crippen LogP contribution in [0, 0.1) is 10.1 Å². The average molecular weight is 293 g/mol. The van der Waals surface area contributed by atoms with Gasteiger partial charge < -0.3 is 5.32 Å². The summed E-state index contributed by atoms with van der Waals surface area (Å²) in [6.45, 7) is 1.81. The number of halogens is 2. The van der Waals surface area contributed by atoms with E-state index >= 15 is 0 Å². The van der Waals surface area contributed by atoms with Crippen molar-refractivity contribution in [1.29, 1.82) is 0 Å². The standard InChI is InChI=1S/C14H13F2N3O2/c1-9(10-4-6-17-7-5-10)18-13-3-2-11(19(20)21)8-12(13)14(15)16/h2-9,14,18H,1H3. The molecule has 0 bridgehead atoms. The lowest BCUT2D eigenvalue weighted by Gasteiger charge is -2.18. The molecule has 21 heavy (non-hydrogen) atoms. The fourth-order valence-corrected chi connectivity index (χ4v) is 1.94. The minimum Gasteiger partial charge on any atom is -0.378 e. The molecule has 110 valence electrons. The first-order valence-electron chi connectivity index (χ1n) is 6.22. The van der Waals surface area contributed by atoms with E-state index in [4.69, 9.17) is 0 Å². The second kappa shape index (κ2) is 6.25. The van der Waals surface area contributed by atoms with Gasteiger partial charge in [-0.05, 0) is 30.7 Å². The summed E-state index contributed by atoms with van der Waals surface area (Å²) in [7, 11) is 0. The Labute approximate surface area is 119 Å². The molecule has 1 aromatic heterocycles. The van der Waals surface area contributed by atoms with Gasteiger partial charge in [-0.1, -0.05) is 0 Å². The Morgan fingerprint density at radius 1 is 1.24 bits per heavy atom.